The molecule has 0 radical (unpaired) electrons. The number of fused-ring (bicyclic) bond motifs is 1. The molecule has 2 bridgehead atoms. The summed E-state index contributed by atoms with van der Waals surface area (Å²) in [6.45, 7) is 16.6. The molecule has 0 saturated carbocycles. The Morgan fingerprint density at radius 2 is 1.66 bits per heavy atom. The van der Waals surface area contributed by atoms with E-state index in [2.05, 4.69) is 20.1 Å². The summed E-state index contributed by atoms with van der Waals surface area (Å²) in [7, 11) is 0. The van der Waals surface area contributed by atoms with Gasteiger partial charge in [-0.3, -0.25) is 14.4 Å². The van der Waals surface area contributed by atoms with Crippen molar-refractivity contribution >= 4 is 29.5 Å². The summed E-state index contributed by atoms with van der Waals surface area (Å²) in [5, 5.41) is 10.7. The molecule has 3 aliphatic heterocycles. The highest BCUT2D eigenvalue weighted by Gasteiger charge is 2.77. The van der Waals surface area contributed by atoms with Crippen LogP contribution in [0.25, 0.3) is 0 Å². The summed E-state index contributed by atoms with van der Waals surface area (Å²) in [5.74, 6) is -1.72. The van der Waals surface area contributed by atoms with Crippen LogP contribution in [0.4, 0.5) is 0 Å². The van der Waals surface area contributed by atoms with Gasteiger partial charge in [-0.05, 0) is 44.2 Å². The molecule has 0 aromatic heterocycles. The number of carbonyl (C=O) groups is 3. The number of aliphatic hydroxyl groups excluding tert-OH is 1. The normalized spacial score (nSPS) is 28.0. The Bertz CT molecular complexity index is 1390. The topological polar surface area (TPSA) is 81.2 Å². The van der Waals surface area contributed by atoms with Gasteiger partial charge in [0.05, 0.1) is 29.2 Å². The molecule has 3 unspecified atom stereocenters. The molecule has 3 heterocycles. The van der Waals surface area contributed by atoms with Crippen LogP contribution in [0.5, 0.6) is 0 Å². The van der Waals surface area contributed by atoms with Crippen LogP contribution in [0.1, 0.15) is 51.3 Å². The molecule has 2 aromatic rings. The fraction of sp³-hybridized carbons (Fsp3) is 0.472. The average Bonchev–Trinajstić information content (AvgIpc) is 3.60. The Labute approximate surface area is 266 Å². The van der Waals surface area contributed by atoms with Gasteiger partial charge >= 0.3 is 0 Å². The molecule has 2 aromatic carbocycles. The number of likely N-dealkylation sites (tertiary alicyclic amines) is 1. The number of carbonyl (C=O) groups excluding carboxylic acids is 3. The maximum Gasteiger partial charge on any atom is 0.247 e. The van der Waals surface area contributed by atoms with Crippen LogP contribution < -0.4 is 0 Å². The highest BCUT2D eigenvalue weighted by atomic mass is 32.2. The molecule has 7 atom stereocenters. The zero-order chi connectivity index (χ0) is 31.8. The summed E-state index contributed by atoms with van der Waals surface area (Å²) in [6, 6.07) is 17.7. The molecule has 3 saturated heterocycles. The first-order valence-corrected chi connectivity index (χ1v) is 16.4. The van der Waals surface area contributed by atoms with Crippen LogP contribution in [0.3, 0.4) is 0 Å². The molecular formula is C36H45N3O4S. The third-order valence-corrected chi connectivity index (χ3v) is 11.7. The third kappa shape index (κ3) is 5.30. The van der Waals surface area contributed by atoms with Gasteiger partial charge < -0.3 is 19.8 Å². The first-order chi connectivity index (χ1) is 21.0. The quantitative estimate of drug-likeness (QED) is 0.357. The van der Waals surface area contributed by atoms with Crippen LogP contribution in [-0.2, 0) is 20.9 Å². The minimum atomic E-state index is -0.846. The SMILES string of the molecule is C=CCN(Cc1ccccc1)C(=O)[C@@H]1[C@@H]2CC(C)C3(S2)C(C(=O)N(CC=C)C(C)(C)C)N([C@H](CO)c2ccccc2)C(=O)[C@H]13. The second-order valence-corrected chi connectivity index (χ2v) is 14.9. The van der Waals surface area contributed by atoms with E-state index in [0.29, 0.717) is 19.6 Å². The van der Waals surface area contributed by atoms with Crippen molar-refractivity contribution < 1.29 is 19.5 Å². The number of nitrogens with zero attached hydrogens (tertiary/aromatic N) is 3. The Kier molecular flexibility index (Phi) is 9.15. The highest BCUT2D eigenvalue weighted by Crippen LogP contribution is 2.69. The van der Waals surface area contributed by atoms with Crippen molar-refractivity contribution in [2.24, 2.45) is 17.8 Å². The van der Waals surface area contributed by atoms with Crippen LogP contribution in [0.15, 0.2) is 86.0 Å². The number of aliphatic hydroxyl groups is 1. The molecule has 234 valence electrons. The molecule has 3 amide bonds. The lowest BCUT2D eigenvalue weighted by molar-refractivity contribution is -0.149. The van der Waals surface area contributed by atoms with Crippen molar-refractivity contribution in [2.75, 3.05) is 19.7 Å². The maximum absolute atomic E-state index is 14.9. The van der Waals surface area contributed by atoms with Gasteiger partial charge in [0.2, 0.25) is 17.7 Å². The van der Waals surface area contributed by atoms with Crippen molar-refractivity contribution in [3.05, 3.63) is 97.1 Å². The van der Waals surface area contributed by atoms with E-state index in [1.165, 1.54) is 0 Å². The smallest absolute Gasteiger partial charge is 0.247 e. The second-order valence-electron chi connectivity index (χ2n) is 13.3. The van der Waals surface area contributed by atoms with E-state index in [1.807, 2.05) is 81.4 Å². The van der Waals surface area contributed by atoms with E-state index >= 15 is 0 Å². The molecule has 5 rings (SSSR count). The number of rotatable bonds is 11. The molecule has 0 aliphatic carbocycles. The van der Waals surface area contributed by atoms with Gasteiger partial charge in [-0.1, -0.05) is 79.7 Å². The Balaban J connectivity index is 1.63. The van der Waals surface area contributed by atoms with Crippen molar-refractivity contribution in [2.45, 2.75) is 68.3 Å². The lowest BCUT2D eigenvalue weighted by Crippen LogP contribution is -2.61. The van der Waals surface area contributed by atoms with Crippen molar-refractivity contribution in [1.82, 2.24) is 14.7 Å². The maximum atomic E-state index is 14.9. The number of thioether (sulfide) groups is 1. The fourth-order valence-electron chi connectivity index (χ4n) is 7.76. The van der Waals surface area contributed by atoms with Gasteiger partial charge in [0, 0.05) is 30.4 Å². The van der Waals surface area contributed by atoms with Gasteiger partial charge in [0.15, 0.2) is 0 Å². The lowest BCUT2D eigenvalue weighted by Gasteiger charge is -2.45. The summed E-state index contributed by atoms with van der Waals surface area (Å²) < 4.78 is -0.807. The number of hydrogen-bond acceptors (Lipinski definition) is 5. The minimum absolute atomic E-state index is 0.0112. The van der Waals surface area contributed by atoms with Gasteiger partial charge in [0.1, 0.15) is 6.04 Å². The molecular weight excluding hydrogens is 570 g/mol. The molecule has 3 fully saturated rings. The van der Waals surface area contributed by atoms with E-state index in [1.54, 1.807) is 38.6 Å². The zero-order valence-corrected chi connectivity index (χ0v) is 27.1. The van der Waals surface area contributed by atoms with Gasteiger partial charge in [-0.2, -0.15) is 0 Å². The standard InChI is InChI=1S/C36H45N3O4S/c1-7-19-37(22-25-15-11-9-12-16-25)32(41)29-28-21-24(3)36(44-28)30(29)33(42)39(27(23-40)26-17-13-10-14-18-26)31(36)34(43)38(20-8-2)35(4,5)6/h7-18,24,27-31,40H,1-2,19-23H2,3-6H3/t24?,27-,28+,29-,30+,31?,36?/m1/s1. The number of amides is 3. The predicted octanol–water partition coefficient (Wildman–Crippen LogP) is 5.09. The first kappa shape index (κ1) is 32.0. The highest BCUT2D eigenvalue weighted by molar-refractivity contribution is 8.02. The summed E-state index contributed by atoms with van der Waals surface area (Å²) in [4.78, 5) is 49.6. The third-order valence-electron chi connectivity index (χ3n) is 9.66. The van der Waals surface area contributed by atoms with Crippen molar-refractivity contribution in [1.29, 1.82) is 0 Å². The van der Waals surface area contributed by atoms with E-state index < -0.39 is 34.2 Å². The Morgan fingerprint density at radius 1 is 1.05 bits per heavy atom. The molecule has 7 nitrogen and oxygen atoms in total. The van der Waals surface area contributed by atoms with Crippen LogP contribution in [0, 0.1) is 17.8 Å². The van der Waals surface area contributed by atoms with Crippen molar-refractivity contribution in [3.63, 3.8) is 0 Å². The summed E-state index contributed by atoms with van der Waals surface area (Å²) in [6.07, 6.45) is 4.18. The largest absolute Gasteiger partial charge is 0.394 e. The van der Waals surface area contributed by atoms with E-state index in [-0.39, 0.29) is 35.5 Å². The molecule has 44 heavy (non-hydrogen) atoms. The average molecular weight is 616 g/mol. The molecule has 1 spiro atoms. The zero-order valence-electron chi connectivity index (χ0n) is 26.3. The Hall–Kier alpha value is -3.36. The van der Waals surface area contributed by atoms with E-state index in [0.717, 1.165) is 17.5 Å². The van der Waals surface area contributed by atoms with Crippen LogP contribution >= 0.6 is 11.8 Å². The van der Waals surface area contributed by atoms with Crippen molar-refractivity contribution in [3.8, 4) is 0 Å². The molecule has 8 heteroatoms. The number of hydrogen-bond donors (Lipinski definition) is 1. The molecule has 3 aliphatic rings. The second kappa shape index (κ2) is 12.6. The molecule has 1 N–H and O–H groups in total. The van der Waals surface area contributed by atoms with E-state index in [4.69, 9.17) is 0 Å². The monoisotopic (exact) mass is 615 g/mol. The minimum Gasteiger partial charge on any atom is -0.394 e. The summed E-state index contributed by atoms with van der Waals surface area (Å²) >= 11 is 1.66. The van der Waals surface area contributed by atoms with Gasteiger partial charge in [-0.15, -0.1) is 24.9 Å². The Morgan fingerprint density at radius 3 is 2.23 bits per heavy atom. The predicted molar refractivity (Wildman–Crippen MR) is 175 cm³/mol. The van der Waals surface area contributed by atoms with E-state index in [9.17, 15) is 19.5 Å². The summed E-state index contributed by atoms with van der Waals surface area (Å²) in [5.41, 5.74) is 1.23. The fourth-order valence-corrected chi connectivity index (χ4v) is 10.2. The van der Waals surface area contributed by atoms with Gasteiger partial charge in [0.25, 0.3) is 0 Å². The number of benzene rings is 2. The van der Waals surface area contributed by atoms with Crippen LogP contribution in [-0.4, -0.2) is 78.8 Å². The van der Waals surface area contributed by atoms with Crippen LogP contribution in [0.2, 0.25) is 0 Å². The lowest BCUT2D eigenvalue weighted by atomic mass is 9.65. The first-order valence-electron chi connectivity index (χ1n) is 15.5. The van der Waals surface area contributed by atoms with Gasteiger partial charge in [-0.25, -0.2) is 0 Å².